The molecular formula is C39H48F3N7O8. The van der Waals surface area contributed by atoms with Gasteiger partial charge in [-0.2, -0.15) is 0 Å². The van der Waals surface area contributed by atoms with Crippen molar-refractivity contribution in [2.75, 3.05) is 31.6 Å². The smallest absolute Gasteiger partial charge is 0.329 e. The number of carbonyl (C=O) groups is 6. The van der Waals surface area contributed by atoms with E-state index in [2.05, 4.69) is 21.3 Å². The zero-order valence-corrected chi connectivity index (χ0v) is 31.7. The van der Waals surface area contributed by atoms with E-state index in [4.69, 9.17) is 4.74 Å². The molecule has 4 fully saturated rings. The van der Waals surface area contributed by atoms with Gasteiger partial charge in [-0.3, -0.25) is 24.1 Å². The average molecular weight is 800 g/mol. The number of aliphatic hydroxyl groups is 1. The summed E-state index contributed by atoms with van der Waals surface area (Å²) in [4.78, 5) is 86.1. The van der Waals surface area contributed by atoms with Crippen LogP contribution in [0, 0.1) is 18.6 Å². The Morgan fingerprint density at radius 1 is 0.930 bits per heavy atom. The second-order valence-corrected chi connectivity index (χ2v) is 15.2. The molecule has 6 amide bonds. The van der Waals surface area contributed by atoms with E-state index in [0.29, 0.717) is 43.9 Å². The Balaban J connectivity index is 1.31. The number of alkyl halides is 1. The molecule has 0 saturated carbocycles. The van der Waals surface area contributed by atoms with E-state index in [1.54, 1.807) is 24.3 Å². The number of cyclic esters (lactones) is 1. The molecule has 2 aromatic rings. The first-order valence-electron chi connectivity index (χ1n) is 19.2. The zero-order valence-electron chi connectivity index (χ0n) is 31.7. The summed E-state index contributed by atoms with van der Waals surface area (Å²) in [6.07, 6.45) is -1.76. The summed E-state index contributed by atoms with van der Waals surface area (Å²) < 4.78 is 48.9. The number of amides is 6. The molecule has 8 atom stereocenters. The largest absolute Gasteiger partial charge is 0.462 e. The van der Waals surface area contributed by atoms with Gasteiger partial charge in [-0.1, -0.05) is 17.7 Å². The lowest BCUT2D eigenvalue weighted by molar-refractivity contribution is -0.159. The Morgan fingerprint density at radius 2 is 1.63 bits per heavy atom. The monoisotopic (exact) mass is 799 g/mol. The molecule has 0 aromatic heterocycles. The van der Waals surface area contributed by atoms with Gasteiger partial charge < -0.3 is 40.9 Å². The van der Waals surface area contributed by atoms with Gasteiger partial charge in [0.2, 0.25) is 23.6 Å². The van der Waals surface area contributed by atoms with Crippen LogP contribution >= 0.6 is 0 Å². The third-order valence-electron chi connectivity index (χ3n) is 10.9. The van der Waals surface area contributed by atoms with Crippen molar-refractivity contribution >= 4 is 41.3 Å². The maximum absolute atomic E-state index is 14.8. The number of hydrogen-bond donors (Lipinski definition) is 5. The molecule has 0 aliphatic carbocycles. The predicted octanol–water partition coefficient (Wildman–Crippen LogP) is 1.66. The molecule has 15 nitrogen and oxygen atoms in total. The van der Waals surface area contributed by atoms with E-state index in [0.717, 1.165) is 22.6 Å². The fraction of sp³-hybridized carbons (Fsp3) is 0.538. The predicted molar refractivity (Wildman–Crippen MR) is 198 cm³/mol. The Hall–Kier alpha value is -5.23. The van der Waals surface area contributed by atoms with Crippen LogP contribution in [-0.4, -0.2) is 130 Å². The summed E-state index contributed by atoms with van der Waals surface area (Å²) in [7, 11) is 0. The molecule has 18 heteroatoms. The number of halogens is 3. The highest BCUT2D eigenvalue weighted by atomic mass is 19.1. The van der Waals surface area contributed by atoms with Crippen molar-refractivity contribution in [1.29, 1.82) is 0 Å². The number of aliphatic hydroxyl groups excluding tert-OH is 1. The lowest BCUT2D eigenvalue weighted by Gasteiger charge is -2.40. The van der Waals surface area contributed by atoms with Gasteiger partial charge >= 0.3 is 12.0 Å². The van der Waals surface area contributed by atoms with Gasteiger partial charge in [0.15, 0.2) is 0 Å². The average Bonchev–Trinajstić information content (AvgIpc) is 3.82. The standard InChI is InChI=1S/C39H48F3N7O8/c1-21-8-10-27(11-9-21)44-39(56)46-28(16-23-14-24(40)17-25(41)15-23)33(50)45-29-20-57-38(55)32-18-26(42)19-49(32)35(52)22(2)43-34(51)30-6-3-4-12-47(30)37(54)31-7-5-13-48(31)36(29)53/h8-11,14-15,17,22,26,28-32,36,53H,3-7,12-13,16,18-20H2,1-2H3,(H,43,51)(H,45,50)(H2,44,46,56). The van der Waals surface area contributed by atoms with Crippen LogP contribution in [0.1, 0.15) is 56.6 Å². The minimum absolute atomic E-state index is 0.0135. The number of aryl methyl sites for hydroxylation is 1. The third kappa shape index (κ3) is 9.84. The molecule has 8 unspecified atom stereocenters. The molecule has 2 aromatic carbocycles. The summed E-state index contributed by atoms with van der Waals surface area (Å²) >= 11 is 0. The van der Waals surface area contributed by atoms with Crippen molar-refractivity contribution in [2.24, 2.45) is 0 Å². The van der Waals surface area contributed by atoms with E-state index in [9.17, 15) is 47.0 Å². The molecular weight excluding hydrogens is 751 g/mol. The molecule has 4 saturated heterocycles. The first kappa shape index (κ1) is 41.4. The summed E-state index contributed by atoms with van der Waals surface area (Å²) in [5, 5.41) is 22.3. The minimum Gasteiger partial charge on any atom is -0.462 e. The SMILES string of the molecule is Cc1ccc(NC(=O)NC(Cc2cc(F)cc(F)c2)C(=O)NC2COC(=O)C3CC(F)CN3C(=O)C(C)NC(=O)C3CCCCN3C(=O)C3CCCN3C2O)cc1. The summed E-state index contributed by atoms with van der Waals surface area (Å²) in [6, 6.07) is 1.14. The van der Waals surface area contributed by atoms with E-state index in [1.807, 2.05) is 6.92 Å². The van der Waals surface area contributed by atoms with Crippen LogP contribution in [0.3, 0.4) is 0 Å². The second-order valence-electron chi connectivity index (χ2n) is 15.2. The van der Waals surface area contributed by atoms with Gasteiger partial charge in [0.25, 0.3) is 0 Å². The van der Waals surface area contributed by atoms with Crippen LogP contribution in [0.15, 0.2) is 42.5 Å². The van der Waals surface area contributed by atoms with Gasteiger partial charge in [-0.25, -0.2) is 22.8 Å². The zero-order chi connectivity index (χ0) is 41.0. The van der Waals surface area contributed by atoms with Gasteiger partial charge in [0, 0.05) is 37.7 Å². The van der Waals surface area contributed by atoms with Crippen molar-refractivity contribution in [3.63, 3.8) is 0 Å². The number of ether oxygens (including phenoxy) is 1. The number of esters is 1. The fourth-order valence-corrected chi connectivity index (χ4v) is 8.02. The number of benzene rings is 2. The number of nitrogens with zero attached hydrogens (tertiary/aromatic N) is 3. The molecule has 4 aliphatic rings. The molecule has 0 spiro atoms. The number of piperidine rings is 1. The van der Waals surface area contributed by atoms with Crippen molar-refractivity contribution in [2.45, 2.75) is 107 Å². The summed E-state index contributed by atoms with van der Waals surface area (Å²) in [5.41, 5.74) is 1.32. The number of nitrogens with one attached hydrogen (secondary N) is 4. The van der Waals surface area contributed by atoms with Crippen LogP contribution in [-0.2, 0) is 35.1 Å². The highest BCUT2D eigenvalue weighted by molar-refractivity contribution is 5.95. The lowest BCUT2D eigenvalue weighted by atomic mass is 9.99. The molecule has 5 N–H and O–H groups in total. The maximum atomic E-state index is 14.8. The van der Waals surface area contributed by atoms with E-state index in [-0.39, 0.29) is 18.7 Å². The Labute approximate surface area is 327 Å². The fourth-order valence-electron chi connectivity index (χ4n) is 8.02. The van der Waals surface area contributed by atoms with Gasteiger partial charge in [0.05, 0.1) is 12.6 Å². The normalized spacial score (nSPS) is 28.1. The first-order chi connectivity index (χ1) is 27.2. The van der Waals surface area contributed by atoms with E-state index < -0.39 is 122 Å². The molecule has 57 heavy (non-hydrogen) atoms. The molecule has 308 valence electrons. The van der Waals surface area contributed by atoms with Crippen molar-refractivity contribution in [3.8, 4) is 0 Å². The Kier molecular flexibility index (Phi) is 13.0. The molecule has 0 radical (unpaired) electrons. The number of hydrogen-bond acceptors (Lipinski definition) is 9. The van der Waals surface area contributed by atoms with Crippen molar-refractivity contribution < 1.29 is 51.8 Å². The van der Waals surface area contributed by atoms with E-state index >= 15 is 0 Å². The summed E-state index contributed by atoms with van der Waals surface area (Å²) in [6.45, 7) is 2.53. The van der Waals surface area contributed by atoms with Crippen molar-refractivity contribution in [3.05, 3.63) is 65.2 Å². The highest BCUT2D eigenvalue weighted by Crippen LogP contribution is 2.28. The van der Waals surface area contributed by atoms with Gasteiger partial charge in [-0.05, 0) is 75.8 Å². The molecule has 6 rings (SSSR count). The van der Waals surface area contributed by atoms with Gasteiger partial charge in [0.1, 0.15) is 60.9 Å². The number of urea groups is 1. The van der Waals surface area contributed by atoms with Gasteiger partial charge in [-0.15, -0.1) is 0 Å². The van der Waals surface area contributed by atoms with E-state index in [1.165, 1.54) is 16.7 Å². The number of carbonyl (C=O) groups excluding carboxylic acids is 6. The van der Waals surface area contributed by atoms with Crippen LogP contribution in [0.25, 0.3) is 0 Å². The Morgan fingerprint density at radius 3 is 2.35 bits per heavy atom. The highest BCUT2D eigenvalue weighted by Gasteiger charge is 2.47. The Bertz CT molecular complexity index is 1830. The summed E-state index contributed by atoms with van der Waals surface area (Å²) in [5.74, 6) is -5.57. The minimum atomic E-state index is -1.69. The van der Waals surface area contributed by atoms with Crippen LogP contribution < -0.4 is 21.3 Å². The number of rotatable bonds is 6. The second kappa shape index (κ2) is 17.9. The number of anilines is 1. The molecule has 4 heterocycles. The first-order valence-corrected chi connectivity index (χ1v) is 19.2. The third-order valence-corrected chi connectivity index (χ3v) is 10.9. The van der Waals surface area contributed by atoms with Crippen LogP contribution in [0.4, 0.5) is 23.7 Å². The number of fused-ring (bicyclic) bond motifs is 3. The van der Waals surface area contributed by atoms with Crippen molar-refractivity contribution in [1.82, 2.24) is 30.7 Å². The maximum Gasteiger partial charge on any atom is 0.329 e. The topological polar surface area (TPSA) is 190 Å². The van der Waals surface area contributed by atoms with Crippen LogP contribution in [0.2, 0.25) is 0 Å². The quantitative estimate of drug-likeness (QED) is 0.271. The van der Waals surface area contributed by atoms with Crippen LogP contribution in [0.5, 0.6) is 0 Å². The lowest BCUT2D eigenvalue weighted by Crippen LogP contribution is -2.63. The molecule has 0 bridgehead atoms. The molecule has 4 aliphatic heterocycles.